The zero-order valence-electron chi connectivity index (χ0n) is 16.8. The van der Waals surface area contributed by atoms with Gasteiger partial charge >= 0.3 is 0 Å². The van der Waals surface area contributed by atoms with Crippen LogP contribution in [0.2, 0.25) is 0 Å². The lowest BCUT2D eigenvalue weighted by Gasteiger charge is -2.10. The molecule has 3 aromatic heterocycles. The zero-order chi connectivity index (χ0) is 22.1. The third kappa shape index (κ3) is 4.04. The maximum absolute atomic E-state index is 12.9. The predicted molar refractivity (Wildman–Crippen MR) is 124 cm³/mol. The van der Waals surface area contributed by atoms with E-state index in [4.69, 9.17) is 0 Å². The Morgan fingerprint density at radius 1 is 1.12 bits per heavy atom. The Morgan fingerprint density at radius 2 is 1.97 bits per heavy atom. The second-order valence-electron chi connectivity index (χ2n) is 6.93. The van der Waals surface area contributed by atoms with Gasteiger partial charge in [-0.1, -0.05) is 31.2 Å². The first kappa shape index (κ1) is 20.8. The maximum Gasteiger partial charge on any atom is 0.264 e. The van der Waals surface area contributed by atoms with E-state index in [1.807, 2.05) is 18.2 Å². The van der Waals surface area contributed by atoms with Gasteiger partial charge in [-0.3, -0.25) is 4.72 Å². The fraction of sp³-hybridized carbons (Fsp3) is 0.150. The van der Waals surface area contributed by atoms with Crippen molar-refractivity contribution in [2.45, 2.75) is 34.6 Å². The van der Waals surface area contributed by atoms with E-state index < -0.39 is 10.0 Å². The number of aromatic nitrogens is 6. The van der Waals surface area contributed by atoms with Gasteiger partial charge in [0.2, 0.25) is 0 Å². The van der Waals surface area contributed by atoms with E-state index in [9.17, 15) is 8.42 Å². The van der Waals surface area contributed by atoms with E-state index in [2.05, 4.69) is 35.5 Å². The summed E-state index contributed by atoms with van der Waals surface area (Å²) in [6.07, 6.45) is 3.33. The topological polar surface area (TPSA) is 115 Å². The van der Waals surface area contributed by atoms with Crippen molar-refractivity contribution in [2.24, 2.45) is 0 Å². The van der Waals surface area contributed by atoms with Gasteiger partial charge < -0.3 is 0 Å². The van der Waals surface area contributed by atoms with E-state index in [0.717, 1.165) is 40.2 Å². The molecule has 5 rings (SSSR count). The number of aryl methyl sites for hydroxylation is 1. The second-order valence-corrected chi connectivity index (χ2v) is 10.2. The minimum absolute atomic E-state index is 0.107. The Balaban J connectivity index is 1.39. The maximum atomic E-state index is 12.9. The molecule has 162 valence electrons. The molecule has 0 radical (unpaired) electrons. The molecule has 0 atom stereocenters. The Kier molecular flexibility index (Phi) is 5.49. The molecular weight excluding hydrogens is 466 g/mol. The van der Waals surface area contributed by atoms with Crippen LogP contribution in [-0.2, 0) is 16.4 Å². The van der Waals surface area contributed by atoms with Crippen LogP contribution in [0.25, 0.3) is 16.8 Å². The summed E-state index contributed by atoms with van der Waals surface area (Å²) >= 11 is 2.50. The monoisotopic (exact) mass is 483 g/mol. The van der Waals surface area contributed by atoms with Crippen molar-refractivity contribution in [3.05, 3.63) is 60.6 Å². The Morgan fingerprint density at radius 3 is 2.78 bits per heavy atom. The molecule has 0 fully saturated rings. The highest BCUT2D eigenvalue weighted by atomic mass is 32.2. The first-order valence-corrected chi connectivity index (χ1v) is 12.8. The van der Waals surface area contributed by atoms with Crippen molar-refractivity contribution in [3.63, 3.8) is 0 Å². The van der Waals surface area contributed by atoms with Crippen LogP contribution in [-0.4, -0.2) is 36.7 Å². The lowest BCUT2D eigenvalue weighted by atomic mass is 10.2. The van der Waals surface area contributed by atoms with E-state index in [0.29, 0.717) is 22.5 Å². The van der Waals surface area contributed by atoms with E-state index in [-0.39, 0.29) is 4.90 Å². The highest BCUT2D eigenvalue weighted by Crippen LogP contribution is 2.30. The van der Waals surface area contributed by atoms with Gasteiger partial charge in [-0.15, -0.1) is 0 Å². The number of nitrogens with zero attached hydrogens (tertiary/aromatic N) is 6. The smallest absolute Gasteiger partial charge is 0.264 e. The number of sulfonamides is 1. The highest BCUT2D eigenvalue weighted by molar-refractivity contribution is 7.99. The molecular formula is C20H17N7O2S3. The van der Waals surface area contributed by atoms with Crippen LogP contribution < -0.4 is 4.72 Å². The summed E-state index contributed by atoms with van der Waals surface area (Å²) in [5.74, 6) is 0.563. The first-order valence-electron chi connectivity index (χ1n) is 9.75. The van der Waals surface area contributed by atoms with Crippen LogP contribution in [0.15, 0.2) is 69.7 Å². The Hall–Kier alpha value is -3.09. The molecule has 3 heterocycles. The standard InChI is InChI=1S/C20H17N7O2S3/c1-2-4-14-11-18(27-20(23-14)21-12-22-27)30-15-9-7-13(8-10-15)26-32(28,29)17-6-3-5-16-19(17)25-31-24-16/h3,5-12,26H,2,4H2,1H3. The van der Waals surface area contributed by atoms with Crippen molar-refractivity contribution in [1.82, 2.24) is 28.3 Å². The van der Waals surface area contributed by atoms with E-state index in [1.165, 1.54) is 24.2 Å². The molecule has 5 aromatic rings. The quantitative estimate of drug-likeness (QED) is 0.345. The van der Waals surface area contributed by atoms with Crippen LogP contribution >= 0.6 is 23.5 Å². The lowest BCUT2D eigenvalue weighted by molar-refractivity contribution is 0.602. The van der Waals surface area contributed by atoms with Gasteiger partial charge in [-0.25, -0.2) is 13.4 Å². The van der Waals surface area contributed by atoms with Crippen molar-refractivity contribution in [2.75, 3.05) is 4.72 Å². The average Bonchev–Trinajstić information content (AvgIpc) is 3.44. The van der Waals surface area contributed by atoms with Gasteiger partial charge in [0.1, 0.15) is 27.3 Å². The summed E-state index contributed by atoms with van der Waals surface area (Å²) in [4.78, 5) is 9.77. The molecule has 0 aliphatic carbocycles. The van der Waals surface area contributed by atoms with Gasteiger partial charge in [-0.05, 0) is 48.9 Å². The number of hydrogen-bond acceptors (Lipinski definition) is 9. The number of benzene rings is 2. The van der Waals surface area contributed by atoms with E-state index >= 15 is 0 Å². The van der Waals surface area contributed by atoms with Crippen LogP contribution in [0.4, 0.5) is 5.69 Å². The molecule has 12 heteroatoms. The summed E-state index contributed by atoms with van der Waals surface area (Å²) in [5, 5.41) is 5.15. The molecule has 0 saturated carbocycles. The fourth-order valence-electron chi connectivity index (χ4n) is 3.21. The van der Waals surface area contributed by atoms with Gasteiger partial charge in [0, 0.05) is 16.3 Å². The molecule has 2 aromatic carbocycles. The summed E-state index contributed by atoms with van der Waals surface area (Å²) in [6, 6.07) is 14.1. The third-order valence-electron chi connectivity index (χ3n) is 4.65. The SMILES string of the molecule is CCCc1cc(Sc2ccc(NS(=O)(=O)c3cccc4nsnc34)cc2)n2ncnc2n1. The number of rotatable bonds is 7. The van der Waals surface area contributed by atoms with Crippen molar-refractivity contribution in [1.29, 1.82) is 0 Å². The number of nitrogens with one attached hydrogen (secondary N) is 1. The van der Waals surface area contributed by atoms with Gasteiger partial charge in [-0.2, -0.15) is 23.3 Å². The van der Waals surface area contributed by atoms with Crippen molar-refractivity contribution in [3.8, 4) is 0 Å². The van der Waals surface area contributed by atoms with Crippen LogP contribution in [0.1, 0.15) is 19.0 Å². The molecule has 0 unspecified atom stereocenters. The van der Waals surface area contributed by atoms with Crippen LogP contribution in [0, 0.1) is 0 Å². The van der Waals surface area contributed by atoms with Crippen molar-refractivity contribution >= 4 is 56.0 Å². The largest absolute Gasteiger partial charge is 0.280 e. The average molecular weight is 484 g/mol. The number of anilines is 1. The minimum Gasteiger partial charge on any atom is -0.280 e. The van der Waals surface area contributed by atoms with Gasteiger partial charge in [0.25, 0.3) is 15.8 Å². The molecule has 1 N–H and O–H groups in total. The Bertz CT molecular complexity index is 1510. The molecule has 0 spiro atoms. The van der Waals surface area contributed by atoms with E-state index in [1.54, 1.807) is 28.8 Å². The zero-order valence-corrected chi connectivity index (χ0v) is 19.3. The molecule has 0 aliphatic rings. The van der Waals surface area contributed by atoms with Crippen LogP contribution in [0.3, 0.4) is 0 Å². The molecule has 32 heavy (non-hydrogen) atoms. The summed E-state index contributed by atoms with van der Waals surface area (Å²) in [6.45, 7) is 2.10. The van der Waals surface area contributed by atoms with Crippen LogP contribution in [0.5, 0.6) is 0 Å². The molecule has 9 nitrogen and oxygen atoms in total. The molecule has 0 bridgehead atoms. The molecule has 0 amide bonds. The second kappa shape index (κ2) is 8.45. The summed E-state index contributed by atoms with van der Waals surface area (Å²) < 4.78 is 38.3. The fourth-order valence-corrected chi connectivity index (χ4v) is 5.96. The third-order valence-corrected chi connectivity index (χ3v) is 7.61. The van der Waals surface area contributed by atoms with Gasteiger partial charge in [0.15, 0.2) is 0 Å². The first-order chi connectivity index (χ1) is 15.5. The minimum atomic E-state index is -3.80. The highest BCUT2D eigenvalue weighted by Gasteiger charge is 2.19. The number of fused-ring (bicyclic) bond motifs is 2. The number of hydrogen-bond donors (Lipinski definition) is 1. The molecule has 0 aliphatic heterocycles. The summed E-state index contributed by atoms with van der Waals surface area (Å²) in [5.41, 5.74) is 2.35. The molecule has 0 saturated heterocycles. The summed E-state index contributed by atoms with van der Waals surface area (Å²) in [7, 11) is -3.80. The van der Waals surface area contributed by atoms with Gasteiger partial charge in [0.05, 0.1) is 11.7 Å². The predicted octanol–water partition coefficient (Wildman–Crippen LogP) is 4.03. The lowest BCUT2D eigenvalue weighted by Crippen LogP contribution is -2.13. The normalized spacial score (nSPS) is 11.9. The van der Waals surface area contributed by atoms with Crippen molar-refractivity contribution < 1.29 is 8.42 Å². The Labute approximate surface area is 192 Å².